The Morgan fingerprint density at radius 2 is 1.86 bits per heavy atom. The van der Waals surface area contributed by atoms with E-state index in [-0.39, 0.29) is 18.6 Å². The standard InChI is InChI=1S/C23H23N3O2/c1-23(2)19-11-16(8-9-20(19)26-22(23)28)17-10-18(13-24-12-17)25-21(14-27)15-6-4-3-5-7-15/h3-13,21,25,27H,14H2,1-2H3,(H,26,28). The average Bonchev–Trinajstić information content (AvgIpc) is 2.95. The van der Waals surface area contributed by atoms with Gasteiger partial charge in [-0.1, -0.05) is 36.4 Å². The second-order valence-electron chi connectivity index (χ2n) is 7.59. The Morgan fingerprint density at radius 1 is 1.07 bits per heavy atom. The fraction of sp³-hybridized carbons (Fsp3) is 0.217. The quantitative estimate of drug-likeness (QED) is 0.629. The molecule has 2 aromatic carbocycles. The molecule has 2 heterocycles. The fourth-order valence-electron chi connectivity index (χ4n) is 3.55. The molecule has 0 aliphatic carbocycles. The second-order valence-corrected chi connectivity index (χ2v) is 7.59. The molecule has 0 fully saturated rings. The third-order valence-electron chi connectivity index (χ3n) is 5.31. The molecule has 142 valence electrons. The van der Waals surface area contributed by atoms with Crippen molar-refractivity contribution in [1.82, 2.24) is 4.98 Å². The first kappa shape index (κ1) is 18.2. The molecule has 4 rings (SSSR count). The van der Waals surface area contributed by atoms with Gasteiger partial charge in [0.2, 0.25) is 5.91 Å². The van der Waals surface area contributed by atoms with Crippen LogP contribution >= 0.6 is 0 Å². The molecule has 1 aliphatic rings. The average molecular weight is 373 g/mol. The van der Waals surface area contributed by atoms with Crippen LogP contribution in [0.3, 0.4) is 0 Å². The zero-order chi connectivity index (χ0) is 19.7. The highest BCUT2D eigenvalue weighted by Crippen LogP contribution is 2.39. The summed E-state index contributed by atoms with van der Waals surface area (Å²) in [6.45, 7) is 3.84. The highest BCUT2D eigenvalue weighted by molar-refractivity contribution is 6.06. The van der Waals surface area contributed by atoms with E-state index < -0.39 is 5.41 Å². The molecule has 0 radical (unpaired) electrons. The van der Waals surface area contributed by atoms with Crippen LogP contribution < -0.4 is 10.6 Å². The number of amides is 1. The molecule has 28 heavy (non-hydrogen) atoms. The van der Waals surface area contributed by atoms with E-state index in [1.54, 1.807) is 12.4 Å². The highest BCUT2D eigenvalue weighted by atomic mass is 16.3. The number of pyridine rings is 1. The molecule has 0 spiro atoms. The first-order valence-electron chi connectivity index (χ1n) is 9.33. The summed E-state index contributed by atoms with van der Waals surface area (Å²) in [6.07, 6.45) is 3.55. The van der Waals surface area contributed by atoms with Gasteiger partial charge < -0.3 is 15.7 Å². The number of fused-ring (bicyclic) bond motifs is 1. The number of benzene rings is 2. The Balaban J connectivity index is 1.63. The van der Waals surface area contributed by atoms with Crippen molar-refractivity contribution in [2.75, 3.05) is 17.2 Å². The normalized spacial score (nSPS) is 15.6. The molecule has 1 aliphatic heterocycles. The van der Waals surface area contributed by atoms with Gasteiger partial charge in [0.25, 0.3) is 0 Å². The number of aromatic nitrogens is 1. The van der Waals surface area contributed by atoms with E-state index in [1.807, 2.05) is 62.4 Å². The molecular weight excluding hydrogens is 350 g/mol. The maximum Gasteiger partial charge on any atom is 0.234 e. The Labute approximate surface area is 164 Å². The zero-order valence-corrected chi connectivity index (χ0v) is 15.9. The number of carbonyl (C=O) groups excluding carboxylic acids is 1. The lowest BCUT2D eigenvalue weighted by Gasteiger charge is -2.19. The van der Waals surface area contributed by atoms with Crippen LogP contribution in [0.25, 0.3) is 11.1 Å². The van der Waals surface area contributed by atoms with Crippen LogP contribution in [0.5, 0.6) is 0 Å². The maximum atomic E-state index is 12.2. The Hall–Kier alpha value is -3.18. The Kier molecular flexibility index (Phi) is 4.61. The number of hydrogen-bond donors (Lipinski definition) is 3. The number of aliphatic hydroxyl groups excluding tert-OH is 1. The smallest absolute Gasteiger partial charge is 0.234 e. The summed E-state index contributed by atoms with van der Waals surface area (Å²) >= 11 is 0. The van der Waals surface area contributed by atoms with Gasteiger partial charge in [0.05, 0.1) is 23.8 Å². The van der Waals surface area contributed by atoms with Crippen LogP contribution in [0.15, 0.2) is 67.0 Å². The van der Waals surface area contributed by atoms with Gasteiger partial charge in [-0.25, -0.2) is 0 Å². The van der Waals surface area contributed by atoms with Crippen molar-refractivity contribution in [3.05, 3.63) is 78.1 Å². The van der Waals surface area contributed by atoms with Crippen molar-refractivity contribution in [1.29, 1.82) is 0 Å². The fourth-order valence-corrected chi connectivity index (χ4v) is 3.55. The molecule has 0 saturated heterocycles. The summed E-state index contributed by atoms with van der Waals surface area (Å²) in [5, 5.41) is 16.1. The lowest BCUT2D eigenvalue weighted by atomic mass is 9.85. The van der Waals surface area contributed by atoms with Gasteiger partial charge in [0.15, 0.2) is 0 Å². The largest absolute Gasteiger partial charge is 0.394 e. The van der Waals surface area contributed by atoms with E-state index in [0.29, 0.717) is 0 Å². The number of anilines is 2. The molecule has 0 saturated carbocycles. The predicted molar refractivity (Wildman–Crippen MR) is 111 cm³/mol. The first-order chi connectivity index (χ1) is 13.5. The molecule has 3 aromatic rings. The van der Waals surface area contributed by atoms with E-state index in [2.05, 4.69) is 21.7 Å². The number of rotatable bonds is 5. The number of aliphatic hydroxyl groups is 1. The van der Waals surface area contributed by atoms with Crippen molar-refractivity contribution >= 4 is 17.3 Å². The monoisotopic (exact) mass is 373 g/mol. The number of carbonyl (C=O) groups is 1. The molecule has 3 N–H and O–H groups in total. The predicted octanol–water partition coefficient (Wildman–Crippen LogP) is 4.12. The van der Waals surface area contributed by atoms with Gasteiger partial charge in [-0.15, -0.1) is 0 Å². The van der Waals surface area contributed by atoms with E-state index in [9.17, 15) is 9.90 Å². The van der Waals surface area contributed by atoms with Crippen LogP contribution in [0, 0.1) is 0 Å². The lowest BCUT2D eigenvalue weighted by Crippen LogP contribution is -2.26. The number of hydrogen-bond acceptors (Lipinski definition) is 4. The molecule has 1 unspecified atom stereocenters. The van der Waals surface area contributed by atoms with Crippen molar-refractivity contribution in [2.45, 2.75) is 25.3 Å². The Morgan fingerprint density at radius 3 is 2.61 bits per heavy atom. The molecule has 1 aromatic heterocycles. The minimum absolute atomic E-state index is 0.0156. The third-order valence-corrected chi connectivity index (χ3v) is 5.31. The molecule has 1 atom stereocenters. The van der Waals surface area contributed by atoms with Crippen molar-refractivity contribution < 1.29 is 9.90 Å². The van der Waals surface area contributed by atoms with Gasteiger partial charge in [0, 0.05) is 23.6 Å². The summed E-state index contributed by atoms with van der Waals surface area (Å²) in [7, 11) is 0. The van der Waals surface area contributed by atoms with Crippen molar-refractivity contribution in [3.63, 3.8) is 0 Å². The minimum atomic E-state index is -0.552. The summed E-state index contributed by atoms with van der Waals surface area (Å²) < 4.78 is 0. The van der Waals surface area contributed by atoms with E-state index in [4.69, 9.17) is 0 Å². The third kappa shape index (κ3) is 3.25. The van der Waals surface area contributed by atoms with E-state index in [1.165, 1.54) is 0 Å². The summed E-state index contributed by atoms with van der Waals surface area (Å²) in [5.41, 5.74) is 5.10. The molecular formula is C23H23N3O2. The highest BCUT2D eigenvalue weighted by Gasteiger charge is 2.38. The van der Waals surface area contributed by atoms with Gasteiger partial charge in [0.1, 0.15) is 0 Å². The van der Waals surface area contributed by atoms with E-state index in [0.717, 1.165) is 33.6 Å². The van der Waals surface area contributed by atoms with Crippen LogP contribution in [0.4, 0.5) is 11.4 Å². The van der Waals surface area contributed by atoms with Crippen LogP contribution in [-0.4, -0.2) is 22.6 Å². The topological polar surface area (TPSA) is 74.2 Å². The van der Waals surface area contributed by atoms with Gasteiger partial charge >= 0.3 is 0 Å². The zero-order valence-electron chi connectivity index (χ0n) is 15.9. The van der Waals surface area contributed by atoms with Gasteiger partial charge in [-0.2, -0.15) is 0 Å². The summed E-state index contributed by atoms with van der Waals surface area (Å²) in [4.78, 5) is 16.5. The minimum Gasteiger partial charge on any atom is -0.394 e. The van der Waals surface area contributed by atoms with Crippen molar-refractivity contribution in [2.24, 2.45) is 0 Å². The number of nitrogens with zero attached hydrogens (tertiary/aromatic N) is 1. The molecule has 5 heteroatoms. The molecule has 1 amide bonds. The van der Waals surface area contributed by atoms with Gasteiger partial charge in [-0.05, 0) is 48.7 Å². The maximum absolute atomic E-state index is 12.2. The van der Waals surface area contributed by atoms with Gasteiger partial charge in [-0.3, -0.25) is 9.78 Å². The summed E-state index contributed by atoms with van der Waals surface area (Å²) in [5.74, 6) is 0.0156. The summed E-state index contributed by atoms with van der Waals surface area (Å²) in [6, 6.07) is 17.6. The first-order valence-corrected chi connectivity index (χ1v) is 9.33. The Bertz CT molecular complexity index is 1020. The van der Waals surface area contributed by atoms with Crippen LogP contribution in [0.1, 0.15) is 31.0 Å². The second kappa shape index (κ2) is 7.09. The van der Waals surface area contributed by atoms with Crippen molar-refractivity contribution in [3.8, 4) is 11.1 Å². The molecule has 5 nitrogen and oxygen atoms in total. The number of nitrogens with one attached hydrogen (secondary N) is 2. The van der Waals surface area contributed by atoms with Crippen LogP contribution in [-0.2, 0) is 10.2 Å². The SMILES string of the molecule is CC1(C)C(=O)Nc2ccc(-c3cncc(NC(CO)c4ccccc4)c3)cc21. The van der Waals surface area contributed by atoms with E-state index >= 15 is 0 Å². The van der Waals surface area contributed by atoms with Crippen LogP contribution in [0.2, 0.25) is 0 Å². The lowest BCUT2D eigenvalue weighted by molar-refractivity contribution is -0.119. The molecule has 0 bridgehead atoms.